The van der Waals surface area contributed by atoms with E-state index in [0.29, 0.717) is 25.5 Å². The summed E-state index contributed by atoms with van der Waals surface area (Å²) < 4.78 is 5.63. The number of aliphatic hydroxyl groups excluding tert-OH is 1. The van der Waals surface area contributed by atoms with Crippen molar-refractivity contribution in [3.8, 4) is 0 Å². The number of anilines is 1. The minimum absolute atomic E-state index is 0.178. The number of pyridine rings is 2. The Hall–Kier alpha value is -3.30. The summed E-state index contributed by atoms with van der Waals surface area (Å²) in [5.41, 5.74) is 3.90. The van der Waals surface area contributed by atoms with E-state index in [4.69, 9.17) is 25.6 Å². The molecule has 1 aliphatic rings. The molecule has 34 heavy (non-hydrogen) atoms. The molecule has 2 aromatic rings. The number of unbranched alkanes of at least 4 members (excludes halogenated alkanes) is 2. The van der Waals surface area contributed by atoms with Crippen molar-refractivity contribution in [2.24, 2.45) is 0 Å². The van der Waals surface area contributed by atoms with Gasteiger partial charge in [-0.1, -0.05) is 0 Å². The van der Waals surface area contributed by atoms with Crippen molar-refractivity contribution in [2.45, 2.75) is 32.2 Å². The van der Waals surface area contributed by atoms with Crippen molar-refractivity contribution in [3.05, 3.63) is 41.7 Å². The summed E-state index contributed by atoms with van der Waals surface area (Å²) in [5.74, 6) is 0.829. The van der Waals surface area contributed by atoms with Gasteiger partial charge >= 0.3 is 0 Å². The Bertz CT molecular complexity index is 1050. The molecule has 0 bridgehead atoms. The normalized spacial score (nSPS) is 17.0. The van der Waals surface area contributed by atoms with Crippen molar-refractivity contribution >= 4 is 40.5 Å². The molecule has 1 unspecified atom stereocenters. The molecule has 1 saturated heterocycles. The first-order valence-corrected chi connectivity index (χ1v) is 11.7. The standard InChI is InChI=1S/C25H35N7O2/c1-18-17-34-15-13-32(18)23-16-20(21(28-2)6-9-26)19-8-12-30-25(24(19)31-23)22(7-10-27)29-11-4-3-5-14-33/h6-10,12,16,18,26-29,33H,3-5,11,13-15,17H2,1-2H3/b21-6-,22-7-,26-9?,27-10?. The quantitative estimate of drug-likeness (QED) is 0.241. The lowest BCUT2D eigenvalue weighted by Crippen LogP contribution is -2.44. The van der Waals surface area contributed by atoms with Crippen LogP contribution in [0.3, 0.4) is 0 Å². The molecule has 0 spiro atoms. The number of aliphatic hydroxyl groups is 1. The highest BCUT2D eigenvalue weighted by Gasteiger charge is 2.23. The van der Waals surface area contributed by atoms with Gasteiger partial charge in [0, 0.05) is 62.0 Å². The van der Waals surface area contributed by atoms with E-state index in [0.717, 1.165) is 59.5 Å². The number of fused-ring (bicyclic) bond motifs is 1. The fraction of sp³-hybridized carbons (Fsp3) is 0.440. The molecule has 0 amide bonds. The second-order valence-corrected chi connectivity index (χ2v) is 8.16. The molecule has 1 fully saturated rings. The minimum atomic E-state index is 0.178. The molecule has 0 saturated carbocycles. The van der Waals surface area contributed by atoms with Crippen LogP contribution in [0.4, 0.5) is 5.82 Å². The van der Waals surface area contributed by atoms with Crippen LogP contribution in [-0.2, 0) is 4.74 Å². The van der Waals surface area contributed by atoms with E-state index < -0.39 is 0 Å². The number of nitrogens with zero attached hydrogens (tertiary/aromatic N) is 3. The first-order valence-electron chi connectivity index (χ1n) is 11.7. The van der Waals surface area contributed by atoms with Crippen molar-refractivity contribution in [3.63, 3.8) is 0 Å². The Morgan fingerprint density at radius 2 is 2.03 bits per heavy atom. The summed E-state index contributed by atoms with van der Waals surface area (Å²) in [5, 5.41) is 31.8. The number of hydrogen-bond acceptors (Lipinski definition) is 9. The van der Waals surface area contributed by atoms with E-state index in [1.54, 1.807) is 18.3 Å². The molecule has 0 aromatic carbocycles. The number of allylic oxidation sites excluding steroid dienone is 2. The number of rotatable bonds is 12. The van der Waals surface area contributed by atoms with Crippen LogP contribution in [0.2, 0.25) is 0 Å². The number of nitrogens with one attached hydrogen (secondary N) is 4. The van der Waals surface area contributed by atoms with Gasteiger partial charge in [0.1, 0.15) is 17.0 Å². The van der Waals surface area contributed by atoms with Crippen LogP contribution >= 0.6 is 0 Å². The smallest absolute Gasteiger partial charge is 0.130 e. The average molecular weight is 466 g/mol. The predicted octanol–water partition coefficient (Wildman–Crippen LogP) is 2.81. The molecule has 2 aromatic heterocycles. The van der Waals surface area contributed by atoms with Crippen molar-refractivity contribution in [1.82, 2.24) is 20.6 Å². The molecule has 5 N–H and O–H groups in total. The molecular formula is C25H35N7O2. The van der Waals surface area contributed by atoms with Crippen LogP contribution in [0.25, 0.3) is 22.3 Å². The molecule has 1 atom stereocenters. The maximum atomic E-state index is 9.02. The van der Waals surface area contributed by atoms with E-state index in [-0.39, 0.29) is 12.6 Å². The largest absolute Gasteiger partial charge is 0.396 e. The lowest BCUT2D eigenvalue weighted by atomic mass is 10.0. The number of ether oxygens (including phenoxy) is 1. The van der Waals surface area contributed by atoms with Gasteiger partial charge in [0.25, 0.3) is 0 Å². The molecule has 0 radical (unpaired) electrons. The number of morpholine rings is 1. The summed E-state index contributed by atoms with van der Waals surface area (Å²) in [6, 6.07) is 4.17. The van der Waals surface area contributed by atoms with Crippen LogP contribution in [0, 0.1) is 10.8 Å². The first kappa shape index (κ1) is 25.3. The fourth-order valence-electron chi connectivity index (χ4n) is 4.11. The maximum absolute atomic E-state index is 9.02. The van der Waals surface area contributed by atoms with E-state index in [2.05, 4.69) is 33.5 Å². The summed E-state index contributed by atoms with van der Waals surface area (Å²) in [4.78, 5) is 11.9. The second kappa shape index (κ2) is 12.8. The van der Waals surface area contributed by atoms with Gasteiger partial charge in [-0.25, -0.2) is 4.98 Å². The van der Waals surface area contributed by atoms with Crippen LogP contribution in [0.15, 0.2) is 30.5 Å². The van der Waals surface area contributed by atoms with E-state index in [1.165, 1.54) is 12.4 Å². The van der Waals surface area contributed by atoms with E-state index in [9.17, 15) is 0 Å². The number of hydrogen-bond donors (Lipinski definition) is 5. The maximum Gasteiger partial charge on any atom is 0.130 e. The Labute approximate surface area is 201 Å². The Morgan fingerprint density at radius 1 is 1.24 bits per heavy atom. The average Bonchev–Trinajstić information content (AvgIpc) is 2.86. The Morgan fingerprint density at radius 3 is 2.74 bits per heavy atom. The zero-order chi connectivity index (χ0) is 24.3. The molecule has 9 nitrogen and oxygen atoms in total. The number of aromatic nitrogens is 2. The van der Waals surface area contributed by atoms with Gasteiger partial charge in [0.05, 0.1) is 25.0 Å². The van der Waals surface area contributed by atoms with Crippen LogP contribution in [0.1, 0.15) is 37.4 Å². The molecule has 9 heteroatoms. The lowest BCUT2D eigenvalue weighted by molar-refractivity contribution is 0.0985. The van der Waals surface area contributed by atoms with Crippen LogP contribution in [0.5, 0.6) is 0 Å². The van der Waals surface area contributed by atoms with Gasteiger partial charge in [0.15, 0.2) is 0 Å². The first-order chi connectivity index (χ1) is 16.6. The van der Waals surface area contributed by atoms with Crippen molar-refractivity contribution < 1.29 is 9.84 Å². The van der Waals surface area contributed by atoms with Gasteiger partial charge in [0.2, 0.25) is 0 Å². The highest BCUT2D eigenvalue weighted by atomic mass is 16.5. The third kappa shape index (κ3) is 5.98. The summed E-state index contributed by atoms with van der Waals surface area (Å²) in [6.45, 7) is 5.04. The molecule has 3 rings (SSSR count). The van der Waals surface area contributed by atoms with Crippen LogP contribution < -0.4 is 15.5 Å². The molecular weight excluding hydrogens is 430 g/mol. The topological polar surface area (TPSA) is 130 Å². The predicted molar refractivity (Wildman–Crippen MR) is 139 cm³/mol. The summed E-state index contributed by atoms with van der Waals surface area (Å²) >= 11 is 0. The lowest BCUT2D eigenvalue weighted by Gasteiger charge is -2.34. The van der Waals surface area contributed by atoms with Crippen molar-refractivity contribution in [2.75, 3.05) is 44.9 Å². The zero-order valence-corrected chi connectivity index (χ0v) is 20.0. The third-order valence-corrected chi connectivity index (χ3v) is 5.84. The van der Waals surface area contributed by atoms with E-state index >= 15 is 0 Å². The van der Waals surface area contributed by atoms with Crippen molar-refractivity contribution in [1.29, 1.82) is 10.8 Å². The van der Waals surface area contributed by atoms with Gasteiger partial charge in [-0.15, -0.1) is 0 Å². The molecule has 3 heterocycles. The zero-order valence-electron chi connectivity index (χ0n) is 20.0. The third-order valence-electron chi connectivity index (χ3n) is 5.84. The Kier molecular flexibility index (Phi) is 9.54. The summed E-state index contributed by atoms with van der Waals surface area (Å²) in [6.07, 6.45) is 10.3. The highest BCUT2D eigenvalue weighted by molar-refractivity contribution is 6.00. The monoisotopic (exact) mass is 465 g/mol. The van der Waals surface area contributed by atoms with Gasteiger partial charge in [-0.2, -0.15) is 0 Å². The van der Waals surface area contributed by atoms with Crippen LogP contribution in [-0.4, -0.2) is 73.5 Å². The molecule has 0 aliphatic carbocycles. The van der Waals surface area contributed by atoms with Gasteiger partial charge in [-0.05, 0) is 50.5 Å². The fourth-order valence-corrected chi connectivity index (χ4v) is 4.11. The second-order valence-electron chi connectivity index (χ2n) is 8.16. The van der Waals surface area contributed by atoms with Gasteiger partial charge in [-0.3, -0.25) is 4.98 Å². The van der Waals surface area contributed by atoms with E-state index in [1.807, 2.05) is 13.1 Å². The Balaban J connectivity index is 2.14. The van der Waals surface area contributed by atoms with Gasteiger partial charge < -0.3 is 36.2 Å². The molecule has 182 valence electrons. The summed E-state index contributed by atoms with van der Waals surface area (Å²) in [7, 11) is 1.84. The SMILES string of the molecule is CN/C(=C\C=N)c1cc(N2CCOCC2C)nc2c(/C(=C/C=N)NCCCCCO)nccc12. The highest BCUT2D eigenvalue weighted by Crippen LogP contribution is 2.31. The molecule has 1 aliphatic heterocycles. The minimum Gasteiger partial charge on any atom is -0.396 e.